The van der Waals surface area contributed by atoms with Crippen LogP contribution in [0.15, 0.2) is 30.3 Å². The second-order valence-electron chi connectivity index (χ2n) is 6.91. The van der Waals surface area contributed by atoms with Crippen molar-refractivity contribution < 1.29 is 19.1 Å². The summed E-state index contributed by atoms with van der Waals surface area (Å²) < 4.78 is 10.8. The van der Waals surface area contributed by atoms with Crippen LogP contribution in [0.4, 0.5) is 4.79 Å². The Morgan fingerprint density at radius 2 is 1.91 bits per heavy atom. The Kier molecular flexibility index (Phi) is 5.64. The average molecular weight is 319 g/mol. The van der Waals surface area contributed by atoms with Gasteiger partial charge in [0.15, 0.2) is 0 Å². The molecule has 1 heterocycles. The first-order valence-corrected chi connectivity index (χ1v) is 8.03. The number of amides is 1. The highest BCUT2D eigenvalue weighted by molar-refractivity contribution is 5.75. The molecular weight excluding hydrogens is 294 g/mol. The molecule has 0 saturated carbocycles. The molecule has 23 heavy (non-hydrogen) atoms. The van der Waals surface area contributed by atoms with Crippen LogP contribution in [0.1, 0.15) is 39.2 Å². The third-order valence-corrected chi connectivity index (χ3v) is 3.73. The van der Waals surface area contributed by atoms with Crippen LogP contribution < -0.4 is 0 Å². The molecule has 1 saturated heterocycles. The van der Waals surface area contributed by atoms with E-state index < -0.39 is 5.41 Å². The van der Waals surface area contributed by atoms with Gasteiger partial charge in [-0.1, -0.05) is 30.3 Å². The van der Waals surface area contributed by atoms with Gasteiger partial charge in [0.05, 0.1) is 12.0 Å². The van der Waals surface area contributed by atoms with Crippen molar-refractivity contribution in [3.8, 4) is 0 Å². The lowest BCUT2D eigenvalue weighted by Crippen LogP contribution is -2.45. The first kappa shape index (κ1) is 17.3. The van der Waals surface area contributed by atoms with Crippen LogP contribution in [-0.4, -0.2) is 36.2 Å². The van der Waals surface area contributed by atoms with Crippen LogP contribution in [0.2, 0.25) is 0 Å². The highest BCUT2D eigenvalue weighted by Gasteiger charge is 2.31. The third-order valence-electron chi connectivity index (χ3n) is 3.73. The van der Waals surface area contributed by atoms with E-state index in [2.05, 4.69) is 0 Å². The lowest BCUT2D eigenvalue weighted by molar-refractivity contribution is -0.160. The fourth-order valence-corrected chi connectivity index (χ4v) is 2.34. The van der Waals surface area contributed by atoms with Crippen LogP contribution in [-0.2, 0) is 20.9 Å². The van der Waals surface area contributed by atoms with E-state index in [4.69, 9.17) is 9.47 Å². The summed E-state index contributed by atoms with van der Waals surface area (Å²) in [6.07, 6.45) is 0.984. The van der Waals surface area contributed by atoms with Crippen molar-refractivity contribution >= 4 is 12.1 Å². The molecule has 0 radical (unpaired) electrons. The lowest BCUT2D eigenvalue weighted by atomic mass is 9.97. The van der Waals surface area contributed by atoms with Crippen molar-refractivity contribution in [2.75, 3.05) is 13.1 Å². The van der Waals surface area contributed by atoms with Crippen molar-refractivity contribution in [3.05, 3.63) is 35.9 Å². The predicted molar refractivity (Wildman–Crippen MR) is 86.8 cm³/mol. The summed E-state index contributed by atoms with van der Waals surface area (Å²) in [7, 11) is 0. The Labute approximate surface area is 137 Å². The molecule has 0 aromatic heterocycles. The van der Waals surface area contributed by atoms with E-state index >= 15 is 0 Å². The smallest absolute Gasteiger partial charge is 0.410 e. The summed E-state index contributed by atoms with van der Waals surface area (Å²) in [5.74, 6) is -0.234. The van der Waals surface area contributed by atoms with Crippen LogP contribution in [0, 0.1) is 5.41 Å². The minimum Gasteiger partial charge on any atom is -0.460 e. The number of likely N-dealkylation sites (tertiary alicyclic amines) is 1. The van der Waals surface area contributed by atoms with Crippen molar-refractivity contribution in [1.82, 2.24) is 4.90 Å². The van der Waals surface area contributed by atoms with Crippen molar-refractivity contribution in [1.29, 1.82) is 0 Å². The predicted octanol–water partition coefficient (Wildman–Crippen LogP) is 3.38. The van der Waals surface area contributed by atoms with Gasteiger partial charge >= 0.3 is 12.1 Å². The average Bonchev–Trinajstić information content (AvgIpc) is 2.53. The quantitative estimate of drug-likeness (QED) is 0.802. The maximum absolute atomic E-state index is 12.2. The number of carbonyl (C=O) groups is 2. The first-order valence-electron chi connectivity index (χ1n) is 8.03. The normalized spacial score (nSPS) is 18.4. The van der Waals surface area contributed by atoms with Crippen LogP contribution in [0.5, 0.6) is 0 Å². The number of nitrogens with zero attached hydrogens (tertiary/aromatic N) is 1. The van der Waals surface area contributed by atoms with Gasteiger partial charge in [0.25, 0.3) is 0 Å². The van der Waals surface area contributed by atoms with Gasteiger partial charge in [-0.2, -0.15) is 0 Å². The van der Waals surface area contributed by atoms with Gasteiger partial charge in [-0.05, 0) is 39.2 Å². The van der Waals surface area contributed by atoms with E-state index in [0.717, 1.165) is 18.4 Å². The summed E-state index contributed by atoms with van der Waals surface area (Å²) >= 11 is 0. The standard InChI is InChI=1S/C18H25NO4/c1-18(2,3)16(20)23-15-10-7-11-19(12-15)17(21)22-13-14-8-5-4-6-9-14/h4-6,8-9,15H,7,10-13H2,1-3H3/t15-/m1/s1. The zero-order valence-electron chi connectivity index (χ0n) is 14.1. The Bertz CT molecular complexity index is 536. The molecule has 126 valence electrons. The molecule has 1 aromatic carbocycles. The molecule has 2 rings (SSSR count). The molecule has 0 N–H and O–H groups in total. The Morgan fingerprint density at radius 3 is 2.57 bits per heavy atom. The Morgan fingerprint density at radius 1 is 1.22 bits per heavy atom. The first-order chi connectivity index (χ1) is 10.9. The summed E-state index contributed by atoms with van der Waals surface area (Å²) in [4.78, 5) is 25.7. The van der Waals surface area contributed by atoms with Crippen molar-refractivity contribution in [2.24, 2.45) is 5.41 Å². The largest absolute Gasteiger partial charge is 0.460 e. The van der Waals surface area contributed by atoms with Crippen LogP contribution >= 0.6 is 0 Å². The van der Waals surface area contributed by atoms with E-state index in [0.29, 0.717) is 13.1 Å². The topological polar surface area (TPSA) is 55.8 Å². The van der Waals surface area contributed by atoms with Crippen molar-refractivity contribution in [2.45, 2.75) is 46.3 Å². The second kappa shape index (κ2) is 7.49. The molecular formula is C18H25NO4. The fraction of sp³-hybridized carbons (Fsp3) is 0.556. The van der Waals surface area contributed by atoms with E-state index in [-0.39, 0.29) is 24.8 Å². The number of rotatable bonds is 3. The zero-order valence-corrected chi connectivity index (χ0v) is 14.1. The molecule has 1 aliphatic heterocycles. The van der Waals surface area contributed by atoms with Gasteiger partial charge in [-0.15, -0.1) is 0 Å². The van der Waals surface area contributed by atoms with Gasteiger partial charge in [0, 0.05) is 6.54 Å². The molecule has 0 aliphatic carbocycles. The summed E-state index contributed by atoms with van der Waals surface area (Å²) in [6.45, 7) is 6.76. The molecule has 1 amide bonds. The summed E-state index contributed by atoms with van der Waals surface area (Å²) in [5, 5.41) is 0. The van der Waals surface area contributed by atoms with E-state index in [1.807, 2.05) is 51.1 Å². The number of benzene rings is 1. The molecule has 5 nitrogen and oxygen atoms in total. The van der Waals surface area contributed by atoms with E-state index in [1.54, 1.807) is 4.90 Å². The van der Waals surface area contributed by atoms with Gasteiger partial charge in [0.1, 0.15) is 12.7 Å². The SMILES string of the molecule is CC(C)(C)C(=O)O[C@@H]1CCCN(C(=O)OCc2ccccc2)C1. The van der Waals surface area contributed by atoms with E-state index in [1.165, 1.54) is 0 Å². The molecule has 0 spiro atoms. The highest BCUT2D eigenvalue weighted by Crippen LogP contribution is 2.21. The minimum atomic E-state index is -0.532. The fourth-order valence-electron chi connectivity index (χ4n) is 2.34. The van der Waals surface area contributed by atoms with Crippen LogP contribution in [0.25, 0.3) is 0 Å². The maximum atomic E-state index is 12.2. The molecule has 5 heteroatoms. The number of esters is 1. The van der Waals surface area contributed by atoms with E-state index in [9.17, 15) is 9.59 Å². The molecule has 0 unspecified atom stereocenters. The van der Waals surface area contributed by atoms with Crippen LogP contribution in [0.3, 0.4) is 0 Å². The molecule has 1 fully saturated rings. The Balaban J connectivity index is 1.83. The summed E-state index contributed by atoms with van der Waals surface area (Å²) in [5.41, 5.74) is 0.421. The van der Waals surface area contributed by atoms with Gasteiger partial charge in [0.2, 0.25) is 0 Å². The zero-order chi connectivity index (χ0) is 16.9. The number of ether oxygens (including phenoxy) is 2. The molecule has 0 bridgehead atoms. The maximum Gasteiger partial charge on any atom is 0.410 e. The number of hydrogen-bond acceptors (Lipinski definition) is 4. The molecule has 1 aromatic rings. The monoisotopic (exact) mass is 319 g/mol. The third kappa shape index (κ3) is 5.27. The number of hydrogen-bond donors (Lipinski definition) is 0. The van der Waals surface area contributed by atoms with Crippen molar-refractivity contribution in [3.63, 3.8) is 0 Å². The lowest BCUT2D eigenvalue weighted by Gasteiger charge is -2.33. The molecule has 1 aliphatic rings. The Hall–Kier alpha value is -2.04. The second-order valence-corrected chi connectivity index (χ2v) is 6.91. The van der Waals surface area contributed by atoms with Gasteiger partial charge < -0.3 is 14.4 Å². The van der Waals surface area contributed by atoms with Gasteiger partial charge in [-0.3, -0.25) is 4.79 Å². The summed E-state index contributed by atoms with van der Waals surface area (Å²) in [6, 6.07) is 9.57. The molecule has 1 atom stereocenters. The number of piperidine rings is 1. The minimum absolute atomic E-state index is 0.234. The highest BCUT2D eigenvalue weighted by atomic mass is 16.6. The number of carbonyl (C=O) groups excluding carboxylic acids is 2. The van der Waals surface area contributed by atoms with Gasteiger partial charge in [-0.25, -0.2) is 4.79 Å².